The number of amides is 2. The van der Waals surface area contributed by atoms with Gasteiger partial charge in [-0.05, 0) is 146 Å². The third kappa shape index (κ3) is 13.5. The molecule has 0 aliphatic rings. The summed E-state index contributed by atoms with van der Waals surface area (Å²) in [7, 11) is -8.54. The predicted molar refractivity (Wildman–Crippen MR) is 297 cm³/mol. The van der Waals surface area contributed by atoms with E-state index in [-0.39, 0.29) is 21.6 Å². The van der Waals surface area contributed by atoms with Gasteiger partial charge < -0.3 is 19.7 Å². The summed E-state index contributed by atoms with van der Waals surface area (Å²) in [6.07, 6.45) is 4.10. The number of carbonyl (C=O) groups is 2. The lowest BCUT2D eigenvalue weighted by Crippen LogP contribution is -2.32. The first-order valence-corrected chi connectivity index (χ1v) is 27.2. The maximum absolute atomic E-state index is 13.1. The lowest BCUT2D eigenvalue weighted by atomic mass is 9.97. The molecule has 2 aromatic heterocycles. The molecule has 8 aromatic carbocycles. The van der Waals surface area contributed by atoms with E-state index in [1.54, 1.807) is 24.3 Å². The molecular formula is C62H54N4O8S2. The fraction of sp³-hybridized carbons (Fsp3) is 0.0968. The molecule has 0 bridgehead atoms. The molecule has 0 unspecified atom stereocenters. The van der Waals surface area contributed by atoms with E-state index in [1.165, 1.54) is 24.3 Å². The van der Waals surface area contributed by atoms with Crippen molar-refractivity contribution in [2.75, 3.05) is 10.6 Å². The van der Waals surface area contributed by atoms with E-state index in [0.717, 1.165) is 90.8 Å². The van der Waals surface area contributed by atoms with Gasteiger partial charge in [0.05, 0.1) is 9.79 Å². The van der Waals surface area contributed by atoms with Gasteiger partial charge in [0.15, 0.2) is 12.4 Å². The van der Waals surface area contributed by atoms with Crippen LogP contribution in [0.4, 0.5) is 11.4 Å². The molecule has 0 saturated heterocycles. The molecule has 0 fully saturated rings. The Morgan fingerprint density at radius 1 is 0.408 bits per heavy atom. The second-order valence-corrected chi connectivity index (χ2v) is 20.6. The molecule has 12 nitrogen and oxygen atoms in total. The molecular weight excluding hydrogens is 993 g/mol. The highest BCUT2D eigenvalue weighted by atomic mass is 32.2. The molecule has 382 valence electrons. The van der Waals surface area contributed by atoms with Crippen LogP contribution < -0.4 is 19.8 Å². The van der Waals surface area contributed by atoms with Gasteiger partial charge in [-0.3, -0.25) is 9.59 Å². The van der Waals surface area contributed by atoms with Gasteiger partial charge in [-0.25, -0.2) is 16.8 Å². The van der Waals surface area contributed by atoms with Crippen LogP contribution in [-0.2, 0) is 33.3 Å². The maximum atomic E-state index is 13.1. The van der Waals surface area contributed by atoms with Crippen molar-refractivity contribution in [3.63, 3.8) is 0 Å². The molecule has 76 heavy (non-hydrogen) atoms. The van der Waals surface area contributed by atoms with E-state index in [0.29, 0.717) is 11.1 Å². The quantitative estimate of drug-likeness (QED) is 0.0948. The Hall–Kier alpha value is -8.66. The van der Waals surface area contributed by atoms with Gasteiger partial charge in [-0.1, -0.05) is 108 Å². The van der Waals surface area contributed by atoms with E-state index in [9.17, 15) is 35.5 Å². The normalized spacial score (nSPS) is 11.2. The summed E-state index contributed by atoms with van der Waals surface area (Å²) in [5.74, 6) is -0.274. The lowest BCUT2D eigenvalue weighted by molar-refractivity contribution is -0.668. The average molecular weight is 1050 g/mol. The van der Waals surface area contributed by atoms with Gasteiger partial charge >= 0.3 is 0 Å². The third-order valence-corrected chi connectivity index (χ3v) is 14.3. The van der Waals surface area contributed by atoms with Crippen LogP contribution in [0, 0.1) is 13.8 Å². The number of nitrogens with one attached hydrogen (secondary N) is 2. The zero-order valence-corrected chi connectivity index (χ0v) is 43.8. The number of benzene rings is 8. The van der Waals surface area contributed by atoms with Crippen molar-refractivity contribution in [1.29, 1.82) is 0 Å². The minimum atomic E-state index is -4.27. The standard InChI is InChI=1S/C48H38N4O2.2C7H8O3S/c1-3-51-29-5-7-39-25-27-43(31-45(39)51)49-47(53)41-21-17-37(18-22-41)35-13-9-33(10-14-35)34-11-15-36(16-12-34)38-19-23-42(24-20-38)48(54)50-44-28-26-40-8-6-30-52(4-2)46(40)32-44;2*1-6-2-4-7(5-3-6)11(8,9)10/h5-32H,3-4H2,1-2H3;2*2-5H,1H3,(H,8,9,10). The monoisotopic (exact) mass is 1050 g/mol. The number of rotatable bonds is 11. The second-order valence-electron chi connectivity index (χ2n) is 17.9. The van der Waals surface area contributed by atoms with Gasteiger partial charge in [0, 0.05) is 57.5 Å². The first kappa shape index (κ1) is 53.6. The maximum Gasteiger partial charge on any atom is 0.255 e. The molecule has 2 heterocycles. The van der Waals surface area contributed by atoms with Crippen LogP contribution in [0.3, 0.4) is 0 Å². The number of carbonyl (C=O) groups excluding carboxylic acids is 2. The van der Waals surface area contributed by atoms with Crippen LogP contribution in [0.2, 0.25) is 0 Å². The highest BCUT2D eigenvalue weighted by molar-refractivity contribution is 7.86. The number of aryl methyl sites for hydroxylation is 4. The number of pyridine rings is 2. The zero-order valence-electron chi connectivity index (χ0n) is 42.2. The number of fused-ring (bicyclic) bond motifs is 2. The van der Waals surface area contributed by atoms with Crippen molar-refractivity contribution in [2.45, 2.75) is 50.6 Å². The fourth-order valence-electron chi connectivity index (χ4n) is 8.39. The molecule has 14 heteroatoms. The molecule has 0 saturated carbocycles. The summed E-state index contributed by atoms with van der Waals surface area (Å²) < 4.78 is 66.7. The number of nitrogens with zero attached hydrogens (tertiary/aromatic N) is 2. The van der Waals surface area contributed by atoms with Crippen molar-refractivity contribution in [2.24, 2.45) is 0 Å². The van der Waals surface area contributed by atoms with Gasteiger partial charge in [0.2, 0.25) is 11.0 Å². The predicted octanol–water partition coefficient (Wildman–Crippen LogP) is 11.9. The van der Waals surface area contributed by atoms with Crippen LogP contribution in [-0.4, -0.2) is 37.8 Å². The Kier molecular flexibility index (Phi) is 16.7. The van der Waals surface area contributed by atoms with Gasteiger partial charge in [-0.15, -0.1) is 0 Å². The number of anilines is 2. The lowest BCUT2D eigenvalue weighted by Gasteiger charge is -2.09. The van der Waals surface area contributed by atoms with E-state index in [2.05, 4.69) is 107 Å². The summed E-state index contributed by atoms with van der Waals surface area (Å²) >= 11 is 0. The second kappa shape index (κ2) is 23.7. The Bertz CT molecular complexity index is 3650. The van der Waals surface area contributed by atoms with Crippen LogP contribution in [0.1, 0.15) is 45.7 Å². The minimum absolute atomic E-state index is 0.137. The molecule has 0 aliphatic heterocycles. The Morgan fingerprint density at radius 3 is 0.974 bits per heavy atom. The molecule has 0 spiro atoms. The zero-order chi connectivity index (χ0) is 54.0. The molecule has 0 aliphatic carbocycles. The van der Waals surface area contributed by atoms with E-state index < -0.39 is 20.2 Å². The molecule has 10 rings (SSSR count). The van der Waals surface area contributed by atoms with Crippen LogP contribution in [0.15, 0.2) is 228 Å². The number of hydrogen-bond acceptors (Lipinski definition) is 8. The summed E-state index contributed by atoms with van der Waals surface area (Å²) in [6.45, 7) is 9.57. The first-order chi connectivity index (χ1) is 36.4. The first-order valence-electron chi connectivity index (χ1n) is 24.4. The molecule has 2 amide bonds. The molecule has 0 atom stereocenters. The minimum Gasteiger partial charge on any atom is -0.744 e. The summed E-state index contributed by atoms with van der Waals surface area (Å²) in [6, 6.07) is 64.2. The number of hydrogen-bond donors (Lipinski definition) is 2. The third-order valence-electron chi connectivity index (χ3n) is 12.6. The van der Waals surface area contributed by atoms with Crippen LogP contribution in [0.25, 0.3) is 55.2 Å². The van der Waals surface area contributed by atoms with E-state index in [4.69, 9.17) is 0 Å². The Balaban J connectivity index is 0.000000287. The smallest absolute Gasteiger partial charge is 0.255 e. The highest BCUT2D eigenvalue weighted by Crippen LogP contribution is 2.29. The largest absolute Gasteiger partial charge is 0.744 e. The van der Waals surface area contributed by atoms with Gasteiger partial charge in [-0.2, -0.15) is 9.13 Å². The van der Waals surface area contributed by atoms with Crippen molar-refractivity contribution in [1.82, 2.24) is 0 Å². The van der Waals surface area contributed by atoms with Crippen molar-refractivity contribution < 1.29 is 44.7 Å². The molecule has 0 radical (unpaired) electrons. The summed E-state index contributed by atoms with van der Waals surface area (Å²) in [5, 5.41) is 8.38. The summed E-state index contributed by atoms with van der Waals surface area (Å²) in [5.41, 5.74) is 13.3. The fourth-order valence-corrected chi connectivity index (χ4v) is 9.33. The van der Waals surface area contributed by atoms with Crippen molar-refractivity contribution in [3.8, 4) is 33.4 Å². The van der Waals surface area contributed by atoms with E-state index in [1.807, 2.05) is 111 Å². The molecule has 2 N–H and O–H groups in total. The van der Waals surface area contributed by atoms with Gasteiger partial charge in [0.1, 0.15) is 33.3 Å². The van der Waals surface area contributed by atoms with Crippen molar-refractivity contribution in [3.05, 3.63) is 241 Å². The Labute approximate surface area is 443 Å². The Morgan fingerprint density at radius 2 is 0.697 bits per heavy atom. The molecule has 10 aromatic rings. The topological polar surface area (TPSA) is 180 Å². The summed E-state index contributed by atoms with van der Waals surface area (Å²) in [4.78, 5) is 25.8. The average Bonchev–Trinajstić information content (AvgIpc) is 3.43. The SMILES string of the molecule is CC[n+]1cccc2ccc(NC(=O)c3ccc(-c4ccc(-c5ccc(-c6ccc(C(=O)Nc7ccc8ccc[n+](CC)c8c7)cc6)cc5)cc4)cc3)cc21.Cc1ccc(S(=O)(=O)[O-])cc1.Cc1ccc(S(=O)(=O)[O-])cc1. The van der Waals surface area contributed by atoms with Crippen LogP contribution in [0.5, 0.6) is 0 Å². The highest BCUT2D eigenvalue weighted by Gasteiger charge is 2.14. The van der Waals surface area contributed by atoms with Gasteiger partial charge in [0.25, 0.3) is 11.8 Å². The van der Waals surface area contributed by atoms with E-state index >= 15 is 0 Å². The van der Waals surface area contributed by atoms with Crippen molar-refractivity contribution >= 4 is 65.2 Å². The number of aromatic nitrogens is 2. The van der Waals surface area contributed by atoms with Crippen LogP contribution >= 0.6 is 0 Å².